The van der Waals surface area contributed by atoms with Crippen molar-refractivity contribution in [3.8, 4) is 17.0 Å². The summed E-state index contributed by atoms with van der Waals surface area (Å²) in [6.45, 7) is 0. The third-order valence-corrected chi connectivity index (χ3v) is 4.06. The highest BCUT2D eigenvalue weighted by Gasteiger charge is 2.31. The van der Waals surface area contributed by atoms with Crippen LogP contribution in [0.4, 0.5) is 24.7 Å². The average molecular weight is 373 g/mol. The van der Waals surface area contributed by atoms with Gasteiger partial charge in [-0.25, -0.2) is 4.98 Å². The van der Waals surface area contributed by atoms with Crippen molar-refractivity contribution in [2.24, 2.45) is 0 Å². The minimum absolute atomic E-state index is 0.107. The van der Waals surface area contributed by atoms with Crippen molar-refractivity contribution in [1.82, 2.24) is 20.2 Å². The topological polar surface area (TPSA) is 78.6 Å². The number of anilines is 2. The largest absolute Gasteiger partial charge is 0.497 e. The van der Waals surface area contributed by atoms with Crippen LogP contribution >= 0.6 is 0 Å². The summed E-state index contributed by atoms with van der Waals surface area (Å²) in [6, 6.07) is 7.09. The van der Waals surface area contributed by atoms with E-state index < -0.39 is 11.7 Å². The molecule has 0 bridgehead atoms. The van der Waals surface area contributed by atoms with E-state index in [1.807, 2.05) is 6.07 Å². The van der Waals surface area contributed by atoms with Crippen LogP contribution in [-0.2, 0) is 6.18 Å². The van der Waals surface area contributed by atoms with Crippen LogP contribution in [0, 0.1) is 0 Å². The SMILES string of the molecule is COc1cc(Nc2cc3[nH]c(-c4cn[nH]c4)cc3cn2)cc(C(F)(F)F)c1. The minimum atomic E-state index is -4.47. The molecule has 0 aliphatic carbocycles. The molecule has 4 rings (SSSR count). The van der Waals surface area contributed by atoms with E-state index >= 15 is 0 Å². The van der Waals surface area contributed by atoms with Crippen LogP contribution in [0.1, 0.15) is 5.56 Å². The fraction of sp³-hybridized carbons (Fsp3) is 0.111. The molecule has 1 aromatic carbocycles. The van der Waals surface area contributed by atoms with Crippen LogP contribution in [0.2, 0.25) is 0 Å². The van der Waals surface area contributed by atoms with E-state index in [2.05, 4.69) is 25.5 Å². The second-order valence-corrected chi connectivity index (χ2v) is 5.90. The molecule has 3 aromatic heterocycles. The minimum Gasteiger partial charge on any atom is -0.497 e. The molecule has 3 N–H and O–H groups in total. The number of rotatable bonds is 4. The molecule has 6 nitrogen and oxygen atoms in total. The Labute approximate surface area is 151 Å². The molecule has 0 amide bonds. The van der Waals surface area contributed by atoms with Crippen molar-refractivity contribution in [3.63, 3.8) is 0 Å². The Bertz CT molecular complexity index is 1090. The van der Waals surface area contributed by atoms with Crippen molar-refractivity contribution in [3.05, 3.63) is 54.5 Å². The number of nitrogens with one attached hydrogen (secondary N) is 3. The van der Waals surface area contributed by atoms with E-state index in [1.165, 1.54) is 13.2 Å². The van der Waals surface area contributed by atoms with Gasteiger partial charge >= 0.3 is 6.18 Å². The van der Waals surface area contributed by atoms with Crippen molar-refractivity contribution in [1.29, 1.82) is 0 Å². The molecule has 9 heteroatoms. The smallest absolute Gasteiger partial charge is 0.416 e. The third-order valence-electron chi connectivity index (χ3n) is 4.06. The first kappa shape index (κ1) is 17.0. The molecule has 4 aromatic rings. The molecule has 0 saturated carbocycles. The zero-order chi connectivity index (χ0) is 19.0. The normalized spacial score (nSPS) is 11.7. The number of nitrogens with zero attached hydrogens (tertiary/aromatic N) is 2. The Morgan fingerprint density at radius 3 is 2.63 bits per heavy atom. The van der Waals surface area contributed by atoms with Crippen LogP contribution in [0.5, 0.6) is 5.75 Å². The Hall–Kier alpha value is -3.49. The van der Waals surface area contributed by atoms with Crippen molar-refractivity contribution < 1.29 is 17.9 Å². The highest BCUT2D eigenvalue weighted by molar-refractivity contribution is 5.87. The van der Waals surface area contributed by atoms with E-state index in [-0.39, 0.29) is 11.4 Å². The van der Waals surface area contributed by atoms with Gasteiger partial charge in [-0.3, -0.25) is 5.10 Å². The maximum atomic E-state index is 13.1. The summed E-state index contributed by atoms with van der Waals surface area (Å²) < 4.78 is 44.1. The van der Waals surface area contributed by atoms with E-state index in [4.69, 9.17) is 4.74 Å². The van der Waals surface area contributed by atoms with Crippen LogP contribution in [-0.4, -0.2) is 27.3 Å². The number of halogens is 3. The van der Waals surface area contributed by atoms with Crippen molar-refractivity contribution in [2.75, 3.05) is 12.4 Å². The van der Waals surface area contributed by atoms with Gasteiger partial charge in [0, 0.05) is 46.9 Å². The molecule has 0 fully saturated rings. The Morgan fingerprint density at radius 1 is 1.07 bits per heavy atom. The fourth-order valence-corrected chi connectivity index (χ4v) is 2.75. The molecule has 0 spiro atoms. The Morgan fingerprint density at radius 2 is 1.93 bits per heavy atom. The highest BCUT2D eigenvalue weighted by atomic mass is 19.4. The Balaban J connectivity index is 1.67. The van der Waals surface area contributed by atoms with Gasteiger partial charge in [0.15, 0.2) is 0 Å². The molecular formula is C18H14F3N5O. The number of methoxy groups -OCH3 is 1. The fourth-order valence-electron chi connectivity index (χ4n) is 2.75. The first-order chi connectivity index (χ1) is 12.9. The van der Waals surface area contributed by atoms with Crippen LogP contribution < -0.4 is 10.1 Å². The number of H-pyrrole nitrogens is 2. The molecule has 0 aliphatic rings. The quantitative estimate of drug-likeness (QED) is 0.483. The van der Waals surface area contributed by atoms with Crippen molar-refractivity contribution >= 4 is 22.4 Å². The van der Waals surface area contributed by atoms with Gasteiger partial charge in [-0.15, -0.1) is 0 Å². The van der Waals surface area contributed by atoms with E-state index in [0.717, 1.165) is 34.3 Å². The van der Waals surface area contributed by atoms with Gasteiger partial charge in [0.05, 0.1) is 24.4 Å². The molecule has 0 radical (unpaired) electrons. The summed E-state index contributed by atoms with van der Waals surface area (Å²) >= 11 is 0. The maximum absolute atomic E-state index is 13.1. The number of benzene rings is 1. The maximum Gasteiger partial charge on any atom is 0.416 e. The lowest BCUT2D eigenvalue weighted by atomic mass is 10.1. The number of ether oxygens (including phenoxy) is 1. The molecule has 0 aliphatic heterocycles. The summed E-state index contributed by atoms with van der Waals surface area (Å²) in [5.74, 6) is 0.514. The number of hydrogen-bond acceptors (Lipinski definition) is 4. The lowest BCUT2D eigenvalue weighted by Gasteiger charge is -2.12. The zero-order valence-corrected chi connectivity index (χ0v) is 14.1. The number of aromatic amines is 2. The van der Waals surface area contributed by atoms with Crippen LogP contribution in [0.25, 0.3) is 22.2 Å². The predicted molar refractivity (Wildman–Crippen MR) is 95.0 cm³/mol. The van der Waals surface area contributed by atoms with Crippen LogP contribution in [0.3, 0.4) is 0 Å². The van der Waals surface area contributed by atoms with Gasteiger partial charge in [-0.1, -0.05) is 0 Å². The number of fused-ring (bicyclic) bond motifs is 1. The van der Waals surface area contributed by atoms with Crippen LogP contribution in [0.15, 0.2) is 48.9 Å². The lowest BCUT2D eigenvalue weighted by molar-refractivity contribution is -0.137. The first-order valence-electron chi connectivity index (χ1n) is 7.93. The molecule has 27 heavy (non-hydrogen) atoms. The zero-order valence-electron chi connectivity index (χ0n) is 14.1. The number of hydrogen-bond donors (Lipinski definition) is 3. The van der Waals surface area contributed by atoms with Gasteiger partial charge in [0.25, 0.3) is 0 Å². The summed E-state index contributed by atoms with van der Waals surface area (Å²) in [5, 5.41) is 10.4. The number of alkyl halides is 3. The average Bonchev–Trinajstić information content (AvgIpc) is 3.29. The van der Waals surface area contributed by atoms with E-state index in [1.54, 1.807) is 24.7 Å². The van der Waals surface area contributed by atoms with Gasteiger partial charge in [-0.2, -0.15) is 18.3 Å². The first-order valence-corrected chi connectivity index (χ1v) is 7.93. The number of pyridine rings is 1. The predicted octanol–water partition coefficient (Wildman–Crippen LogP) is 4.72. The molecule has 0 unspecified atom stereocenters. The summed E-state index contributed by atoms with van der Waals surface area (Å²) in [7, 11) is 1.32. The Kier molecular flexibility index (Phi) is 3.98. The lowest BCUT2D eigenvalue weighted by Crippen LogP contribution is -2.06. The highest BCUT2D eigenvalue weighted by Crippen LogP contribution is 2.35. The molecule has 3 heterocycles. The second-order valence-electron chi connectivity index (χ2n) is 5.90. The van der Waals surface area contributed by atoms with E-state index in [0.29, 0.717) is 5.82 Å². The number of aromatic nitrogens is 4. The van der Waals surface area contributed by atoms with Crippen molar-refractivity contribution in [2.45, 2.75) is 6.18 Å². The monoisotopic (exact) mass is 373 g/mol. The summed E-state index contributed by atoms with van der Waals surface area (Å²) in [4.78, 5) is 7.51. The molecule has 0 atom stereocenters. The van der Waals surface area contributed by atoms with E-state index in [9.17, 15) is 13.2 Å². The van der Waals surface area contributed by atoms with Gasteiger partial charge in [0.2, 0.25) is 0 Å². The molecular weight excluding hydrogens is 359 g/mol. The van der Waals surface area contributed by atoms with Gasteiger partial charge < -0.3 is 15.0 Å². The molecule has 0 saturated heterocycles. The molecule has 138 valence electrons. The second kappa shape index (κ2) is 6.35. The third kappa shape index (κ3) is 3.43. The van der Waals surface area contributed by atoms with Gasteiger partial charge in [0.1, 0.15) is 11.6 Å². The standard InChI is InChI=1S/C18H14F3N5O/c1-27-14-4-12(18(19,20)21)3-13(5-14)25-17-6-16-10(7-22-17)2-15(26-16)11-8-23-24-9-11/h2-9,26H,1H3,(H,22,25)(H,23,24). The summed E-state index contributed by atoms with van der Waals surface area (Å²) in [5.41, 5.74) is 1.98. The summed E-state index contributed by atoms with van der Waals surface area (Å²) in [6.07, 6.45) is 0.613. The van der Waals surface area contributed by atoms with Gasteiger partial charge in [-0.05, 0) is 18.2 Å².